The highest BCUT2D eigenvalue weighted by Gasteiger charge is 2.42. The topological polar surface area (TPSA) is 29.3 Å². The highest BCUT2D eigenvalue weighted by Crippen LogP contribution is 2.42. The number of hydrogen-bond donors (Lipinski definition) is 1. The Balaban J connectivity index is 1.75. The molecule has 0 bridgehead atoms. The molecule has 2 aliphatic rings. The third-order valence-electron chi connectivity index (χ3n) is 4.61. The van der Waals surface area contributed by atoms with E-state index in [1.807, 2.05) is 0 Å². The summed E-state index contributed by atoms with van der Waals surface area (Å²) in [7, 11) is 0. The smallest absolute Gasteiger partial charge is 0.0191 e. The fourth-order valence-corrected chi connectivity index (χ4v) is 3.34. The second kappa shape index (κ2) is 5.05. The highest BCUT2D eigenvalue weighted by atomic mass is 15.2. The SMILES string of the molecule is CC(C)C(N)CN1CC2(CCCCCC2)C1. The van der Waals surface area contributed by atoms with E-state index in [1.165, 1.54) is 51.6 Å². The Labute approximate surface area is 101 Å². The molecule has 0 aromatic carbocycles. The van der Waals surface area contributed by atoms with Crippen molar-refractivity contribution in [2.75, 3.05) is 19.6 Å². The molecular weight excluding hydrogens is 196 g/mol. The molecule has 1 spiro atoms. The van der Waals surface area contributed by atoms with Gasteiger partial charge >= 0.3 is 0 Å². The van der Waals surface area contributed by atoms with Crippen LogP contribution in [0.1, 0.15) is 52.4 Å². The minimum absolute atomic E-state index is 0.364. The molecule has 0 aromatic heterocycles. The van der Waals surface area contributed by atoms with E-state index < -0.39 is 0 Å². The molecule has 2 N–H and O–H groups in total. The molecule has 0 radical (unpaired) electrons. The van der Waals surface area contributed by atoms with Gasteiger partial charge in [-0.15, -0.1) is 0 Å². The molecule has 1 unspecified atom stereocenters. The van der Waals surface area contributed by atoms with Gasteiger partial charge in [0, 0.05) is 25.7 Å². The number of nitrogens with zero attached hydrogens (tertiary/aromatic N) is 1. The predicted octanol–water partition coefficient (Wildman–Crippen LogP) is 2.63. The Morgan fingerprint density at radius 2 is 1.62 bits per heavy atom. The van der Waals surface area contributed by atoms with E-state index >= 15 is 0 Å². The van der Waals surface area contributed by atoms with Crippen LogP contribution in [0.4, 0.5) is 0 Å². The van der Waals surface area contributed by atoms with Crippen molar-refractivity contribution in [2.45, 2.75) is 58.4 Å². The molecule has 1 atom stereocenters. The van der Waals surface area contributed by atoms with Crippen molar-refractivity contribution in [3.05, 3.63) is 0 Å². The fourth-order valence-electron chi connectivity index (χ4n) is 3.34. The minimum Gasteiger partial charge on any atom is -0.326 e. The van der Waals surface area contributed by atoms with Crippen LogP contribution in [0.2, 0.25) is 0 Å². The van der Waals surface area contributed by atoms with E-state index in [0.29, 0.717) is 17.4 Å². The Morgan fingerprint density at radius 3 is 2.12 bits per heavy atom. The van der Waals surface area contributed by atoms with Gasteiger partial charge in [0.15, 0.2) is 0 Å². The number of likely N-dealkylation sites (tertiary alicyclic amines) is 1. The van der Waals surface area contributed by atoms with Gasteiger partial charge in [-0.05, 0) is 24.2 Å². The van der Waals surface area contributed by atoms with Crippen molar-refractivity contribution < 1.29 is 0 Å². The van der Waals surface area contributed by atoms with Crippen LogP contribution in [0.25, 0.3) is 0 Å². The lowest BCUT2D eigenvalue weighted by Crippen LogP contribution is -2.59. The van der Waals surface area contributed by atoms with Gasteiger partial charge in [-0.3, -0.25) is 0 Å². The van der Waals surface area contributed by atoms with E-state index in [-0.39, 0.29) is 0 Å². The first-order valence-corrected chi connectivity index (χ1v) is 7.09. The molecule has 2 heteroatoms. The van der Waals surface area contributed by atoms with Crippen molar-refractivity contribution in [1.82, 2.24) is 4.90 Å². The molecule has 16 heavy (non-hydrogen) atoms. The summed E-state index contributed by atoms with van der Waals surface area (Å²) in [5, 5.41) is 0. The fraction of sp³-hybridized carbons (Fsp3) is 1.00. The molecule has 1 saturated heterocycles. The van der Waals surface area contributed by atoms with Gasteiger partial charge in [0.25, 0.3) is 0 Å². The first-order valence-electron chi connectivity index (χ1n) is 7.09. The third kappa shape index (κ3) is 2.78. The third-order valence-corrected chi connectivity index (χ3v) is 4.61. The molecule has 2 fully saturated rings. The highest BCUT2D eigenvalue weighted by molar-refractivity contribution is 4.96. The standard InChI is InChI=1S/C14H28N2/c1-12(2)13(15)9-16-10-14(11-16)7-5-3-4-6-8-14/h12-13H,3-11,15H2,1-2H3. The van der Waals surface area contributed by atoms with E-state index in [2.05, 4.69) is 18.7 Å². The monoisotopic (exact) mass is 224 g/mol. The summed E-state index contributed by atoms with van der Waals surface area (Å²) in [6, 6.07) is 0.364. The van der Waals surface area contributed by atoms with Gasteiger partial charge in [0.05, 0.1) is 0 Å². The molecule has 1 aliphatic carbocycles. The van der Waals surface area contributed by atoms with E-state index in [9.17, 15) is 0 Å². The minimum atomic E-state index is 0.364. The van der Waals surface area contributed by atoms with Crippen LogP contribution in [0, 0.1) is 11.3 Å². The second-order valence-corrected chi connectivity index (χ2v) is 6.49. The van der Waals surface area contributed by atoms with Crippen LogP contribution in [-0.4, -0.2) is 30.6 Å². The van der Waals surface area contributed by atoms with Gasteiger partial charge < -0.3 is 10.6 Å². The molecule has 2 rings (SSSR count). The summed E-state index contributed by atoms with van der Waals surface area (Å²) < 4.78 is 0. The second-order valence-electron chi connectivity index (χ2n) is 6.49. The summed E-state index contributed by atoms with van der Waals surface area (Å²) in [4.78, 5) is 2.58. The average molecular weight is 224 g/mol. The molecule has 1 heterocycles. The maximum atomic E-state index is 6.13. The Bertz CT molecular complexity index is 209. The number of rotatable bonds is 3. The Kier molecular flexibility index (Phi) is 3.91. The number of hydrogen-bond acceptors (Lipinski definition) is 2. The van der Waals surface area contributed by atoms with Crippen LogP contribution >= 0.6 is 0 Å². The van der Waals surface area contributed by atoms with Crippen LogP contribution in [-0.2, 0) is 0 Å². The lowest BCUT2D eigenvalue weighted by molar-refractivity contribution is -0.0175. The van der Waals surface area contributed by atoms with Gasteiger partial charge in [-0.25, -0.2) is 0 Å². The van der Waals surface area contributed by atoms with Crippen molar-refractivity contribution in [3.8, 4) is 0 Å². The van der Waals surface area contributed by atoms with E-state index in [0.717, 1.165) is 6.54 Å². The zero-order chi connectivity index (χ0) is 11.6. The first-order chi connectivity index (χ1) is 7.61. The molecule has 1 saturated carbocycles. The summed E-state index contributed by atoms with van der Waals surface area (Å²) in [6.07, 6.45) is 8.80. The predicted molar refractivity (Wildman–Crippen MR) is 69.4 cm³/mol. The first kappa shape index (κ1) is 12.4. The Hall–Kier alpha value is -0.0800. The molecule has 94 valence electrons. The largest absolute Gasteiger partial charge is 0.326 e. The summed E-state index contributed by atoms with van der Waals surface area (Å²) >= 11 is 0. The normalized spacial score (nSPS) is 27.8. The molecule has 1 aliphatic heterocycles. The van der Waals surface area contributed by atoms with Crippen molar-refractivity contribution >= 4 is 0 Å². The summed E-state index contributed by atoms with van der Waals surface area (Å²) in [6.45, 7) is 8.22. The van der Waals surface area contributed by atoms with Crippen molar-refractivity contribution in [1.29, 1.82) is 0 Å². The average Bonchev–Trinajstić information content (AvgIpc) is 2.42. The maximum Gasteiger partial charge on any atom is 0.0191 e. The quantitative estimate of drug-likeness (QED) is 0.798. The molecule has 0 aromatic rings. The van der Waals surface area contributed by atoms with Crippen LogP contribution in [0.3, 0.4) is 0 Å². The van der Waals surface area contributed by atoms with Crippen LogP contribution in [0.15, 0.2) is 0 Å². The lowest BCUT2D eigenvalue weighted by atomic mass is 9.73. The zero-order valence-corrected chi connectivity index (χ0v) is 11.0. The number of nitrogens with two attached hydrogens (primary N) is 1. The van der Waals surface area contributed by atoms with Gasteiger partial charge in [-0.2, -0.15) is 0 Å². The van der Waals surface area contributed by atoms with E-state index in [1.54, 1.807) is 0 Å². The molecular formula is C14H28N2. The lowest BCUT2D eigenvalue weighted by Gasteiger charge is -2.51. The van der Waals surface area contributed by atoms with Crippen molar-refractivity contribution in [2.24, 2.45) is 17.1 Å². The summed E-state index contributed by atoms with van der Waals surface area (Å²) in [5.74, 6) is 0.616. The molecule has 0 amide bonds. The van der Waals surface area contributed by atoms with Crippen molar-refractivity contribution in [3.63, 3.8) is 0 Å². The van der Waals surface area contributed by atoms with Gasteiger partial charge in [0.2, 0.25) is 0 Å². The van der Waals surface area contributed by atoms with Gasteiger partial charge in [-0.1, -0.05) is 39.5 Å². The van der Waals surface area contributed by atoms with Gasteiger partial charge in [0.1, 0.15) is 0 Å². The zero-order valence-electron chi connectivity index (χ0n) is 11.0. The van der Waals surface area contributed by atoms with E-state index in [4.69, 9.17) is 5.73 Å². The Morgan fingerprint density at radius 1 is 1.06 bits per heavy atom. The maximum absolute atomic E-state index is 6.13. The van der Waals surface area contributed by atoms with Crippen LogP contribution in [0.5, 0.6) is 0 Å². The van der Waals surface area contributed by atoms with Crippen LogP contribution < -0.4 is 5.73 Å². The molecule has 2 nitrogen and oxygen atoms in total. The summed E-state index contributed by atoms with van der Waals surface area (Å²) in [5.41, 5.74) is 6.84.